The quantitative estimate of drug-likeness (QED) is 0.792. The highest BCUT2D eigenvalue weighted by Crippen LogP contribution is 2.36. The van der Waals surface area contributed by atoms with Crippen LogP contribution >= 0.6 is 0 Å². The second kappa shape index (κ2) is 4.63. The summed E-state index contributed by atoms with van der Waals surface area (Å²) in [6.45, 7) is 10.9. The minimum Gasteiger partial charge on any atom is -0.376 e. The molecule has 0 aromatic rings. The van der Waals surface area contributed by atoms with Gasteiger partial charge in [0.05, 0.1) is 11.6 Å². The Hall–Kier alpha value is -0.120. The third kappa shape index (κ3) is 1.89. The van der Waals surface area contributed by atoms with Crippen LogP contribution in [0.4, 0.5) is 0 Å². The highest BCUT2D eigenvalue weighted by atomic mass is 16.5. The first-order valence-corrected chi connectivity index (χ1v) is 6.67. The Morgan fingerprint density at radius 1 is 1.50 bits per heavy atom. The molecule has 3 heteroatoms. The number of likely N-dealkylation sites (tertiary alicyclic amines) is 1. The average molecular weight is 226 g/mol. The predicted octanol–water partition coefficient (Wildman–Crippen LogP) is 1.47. The summed E-state index contributed by atoms with van der Waals surface area (Å²) in [6.07, 6.45) is 2.73. The SMILES string of the molecule is CC(C)C1CCN(C2(CN)CCOC2C)C1. The molecule has 0 bridgehead atoms. The number of hydrogen-bond donors (Lipinski definition) is 1. The summed E-state index contributed by atoms with van der Waals surface area (Å²) in [5.41, 5.74) is 6.17. The molecule has 16 heavy (non-hydrogen) atoms. The van der Waals surface area contributed by atoms with E-state index >= 15 is 0 Å². The molecule has 0 saturated carbocycles. The van der Waals surface area contributed by atoms with Crippen LogP contribution in [-0.2, 0) is 4.74 Å². The molecule has 2 N–H and O–H groups in total. The standard InChI is InChI=1S/C13H26N2O/c1-10(2)12-4-6-15(8-12)13(9-14)5-7-16-11(13)3/h10-12H,4-9,14H2,1-3H3. The van der Waals surface area contributed by atoms with Crippen LogP contribution in [0.5, 0.6) is 0 Å². The van der Waals surface area contributed by atoms with Gasteiger partial charge in [-0.3, -0.25) is 4.90 Å². The summed E-state index contributed by atoms with van der Waals surface area (Å²) < 4.78 is 5.75. The van der Waals surface area contributed by atoms with Gasteiger partial charge in [-0.05, 0) is 38.1 Å². The first-order chi connectivity index (χ1) is 7.60. The Morgan fingerprint density at radius 2 is 2.25 bits per heavy atom. The van der Waals surface area contributed by atoms with Crippen molar-refractivity contribution in [1.29, 1.82) is 0 Å². The van der Waals surface area contributed by atoms with E-state index in [1.54, 1.807) is 0 Å². The van der Waals surface area contributed by atoms with Gasteiger partial charge in [-0.15, -0.1) is 0 Å². The first kappa shape index (κ1) is 12.3. The molecule has 2 fully saturated rings. The third-order valence-electron chi connectivity index (χ3n) is 4.81. The highest BCUT2D eigenvalue weighted by Gasteiger charge is 2.47. The summed E-state index contributed by atoms with van der Waals surface area (Å²) in [7, 11) is 0. The minimum atomic E-state index is 0.129. The topological polar surface area (TPSA) is 38.5 Å². The second-order valence-electron chi connectivity index (χ2n) is 5.81. The van der Waals surface area contributed by atoms with E-state index in [1.807, 2.05) is 0 Å². The lowest BCUT2D eigenvalue weighted by atomic mass is 9.89. The molecule has 2 aliphatic heterocycles. The molecule has 0 aromatic heterocycles. The van der Waals surface area contributed by atoms with Crippen molar-refractivity contribution in [3.05, 3.63) is 0 Å². The van der Waals surface area contributed by atoms with E-state index < -0.39 is 0 Å². The zero-order valence-corrected chi connectivity index (χ0v) is 10.9. The van der Waals surface area contributed by atoms with E-state index in [1.165, 1.54) is 19.5 Å². The Balaban J connectivity index is 2.06. The summed E-state index contributed by atoms with van der Waals surface area (Å²) in [6, 6.07) is 0. The maximum absolute atomic E-state index is 6.04. The van der Waals surface area contributed by atoms with Gasteiger partial charge in [-0.2, -0.15) is 0 Å². The van der Waals surface area contributed by atoms with Crippen LogP contribution in [0.15, 0.2) is 0 Å². The minimum absolute atomic E-state index is 0.129. The largest absolute Gasteiger partial charge is 0.376 e. The van der Waals surface area contributed by atoms with Gasteiger partial charge in [0.25, 0.3) is 0 Å². The summed E-state index contributed by atoms with van der Waals surface area (Å²) in [5.74, 6) is 1.63. The van der Waals surface area contributed by atoms with E-state index in [0.717, 1.165) is 31.4 Å². The zero-order valence-electron chi connectivity index (χ0n) is 10.9. The van der Waals surface area contributed by atoms with Crippen molar-refractivity contribution in [2.75, 3.05) is 26.2 Å². The molecular formula is C13H26N2O. The fourth-order valence-electron chi connectivity index (χ4n) is 3.32. The van der Waals surface area contributed by atoms with Crippen LogP contribution in [0.25, 0.3) is 0 Å². The average Bonchev–Trinajstić information content (AvgIpc) is 2.84. The second-order valence-corrected chi connectivity index (χ2v) is 5.81. The van der Waals surface area contributed by atoms with E-state index in [-0.39, 0.29) is 5.54 Å². The van der Waals surface area contributed by atoms with Crippen molar-refractivity contribution in [2.24, 2.45) is 17.6 Å². The number of rotatable bonds is 3. The van der Waals surface area contributed by atoms with Crippen LogP contribution in [0, 0.1) is 11.8 Å². The number of nitrogens with two attached hydrogens (primary N) is 1. The van der Waals surface area contributed by atoms with Crippen molar-refractivity contribution < 1.29 is 4.74 Å². The lowest BCUT2D eigenvalue weighted by molar-refractivity contribution is 0.0242. The summed E-state index contributed by atoms with van der Waals surface area (Å²) in [5, 5.41) is 0. The van der Waals surface area contributed by atoms with Crippen LogP contribution in [-0.4, -0.2) is 42.8 Å². The van der Waals surface area contributed by atoms with Crippen molar-refractivity contribution >= 4 is 0 Å². The first-order valence-electron chi connectivity index (χ1n) is 6.67. The lowest BCUT2D eigenvalue weighted by Gasteiger charge is -2.40. The van der Waals surface area contributed by atoms with E-state index in [0.29, 0.717) is 6.10 Å². The van der Waals surface area contributed by atoms with Gasteiger partial charge in [-0.1, -0.05) is 13.8 Å². The maximum Gasteiger partial charge on any atom is 0.0743 e. The van der Waals surface area contributed by atoms with Gasteiger partial charge >= 0.3 is 0 Å². The van der Waals surface area contributed by atoms with E-state index in [2.05, 4.69) is 25.7 Å². The van der Waals surface area contributed by atoms with E-state index in [4.69, 9.17) is 10.5 Å². The molecule has 3 nitrogen and oxygen atoms in total. The highest BCUT2D eigenvalue weighted by molar-refractivity contribution is 5.02. The fourth-order valence-corrected chi connectivity index (χ4v) is 3.32. The number of nitrogens with zero attached hydrogens (tertiary/aromatic N) is 1. The van der Waals surface area contributed by atoms with Gasteiger partial charge in [0.15, 0.2) is 0 Å². The Bertz CT molecular complexity index is 244. The number of hydrogen-bond acceptors (Lipinski definition) is 3. The molecule has 0 aromatic carbocycles. The van der Waals surface area contributed by atoms with Gasteiger partial charge in [0, 0.05) is 19.7 Å². The normalized spacial score (nSPS) is 41.1. The fraction of sp³-hybridized carbons (Fsp3) is 1.00. The van der Waals surface area contributed by atoms with E-state index in [9.17, 15) is 0 Å². The molecule has 2 heterocycles. The Kier molecular flexibility index (Phi) is 3.57. The zero-order chi connectivity index (χ0) is 11.8. The van der Waals surface area contributed by atoms with Gasteiger partial charge in [0.1, 0.15) is 0 Å². The predicted molar refractivity (Wildman–Crippen MR) is 66.3 cm³/mol. The molecule has 0 radical (unpaired) electrons. The summed E-state index contributed by atoms with van der Waals surface area (Å²) in [4.78, 5) is 2.61. The van der Waals surface area contributed by atoms with Crippen molar-refractivity contribution in [3.8, 4) is 0 Å². The van der Waals surface area contributed by atoms with Crippen LogP contribution in [0.3, 0.4) is 0 Å². The summed E-state index contributed by atoms with van der Waals surface area (Å²) >= 11 is 0. The lowest BCUT2D eigenvalue weighted by Crippen LogP contribution is -2.57. The molecule has 2 aliphatic rings. The molecule has 0 aliphatic carbocycles. The maximum atomic E-state index is 6.04. The van der Waals surface area contributed by atoms with Crippen molar-refractivity contribution in [3.63, 3.8) is 0 Å². The smallest absolute Gasteiger partial charge is 0.0743 e. The molecule has 2 rings (SSSR count). The van der Waals surface area contributed by atoms with Crippen LogP contribution in [0.1, 0.15) is 33.6 Å². The van der Waals surface area contributed by atoms with Crippen LogP contribution in [0.2, 0.25) is 0 Å². The van der Waals surface area contributed by atoms with Crippen molar-refractivity contribution in [2.45, 2.75) is 45.3 Å². The molecule has 2 saturated heterocycles. The molecule has 0 amide bonds. The van der Waals surface area contributed by atoms with Gasteiger partial charge < -0.3 is 10.5 Å². The Labute approximate surface area is 99.3 Å². The molecule has 3 unspecified atom stereocenters. The van der Waals surface area contributed by atoms with Gasteiger partial charge in [-0.25, -0.2) is 0 Å². The molecular weight excluding hydrogens is 200 g/mol. The Morgan fingerprint density at radius 3 is 2.69 bits per heavy atom. The third-order valence-corrected chi connectivity index (χ3v) is 4.81. The van der Waals surface area contributed by atoms with Gasteiger partial charge in [0.2, 0.25) is 0 Å². The number of ether oxygens (including phenoxy) is 1. The van der Waals surface area contributed by atoms with Crippen LogP contribution < -0.4 is 5.73 Å². The van der Waals surface area contributed by atoms with Crippen molar-refractivity contribution in [1.82, 2.24) is 4.90 Å². The monoisotopic (exact) mass is 226 g/mol. The molecule has 0 spiro atoms. The molecule has 94 valence electrons. The molecule has 3 atom stereocenters.